The van der Waals surface area contributed by atoms with Crippen molar-refractivity contribution < 1.29 is 4.74 Å². The molecule has 1 aliphatic carbocycles. The van der Waals surface area contributed by atoms with E-state index in [-0.39, 0.29) is 0 Å². The highest BCUT2D eigenvalue weighted by molar-refractivity contribution is 5.44. The van der Waals surface area contributed by atoms with Gasteiger partial charge in [0, 0.05) is 6.04 Å². The van der Waals surface area contributed by atoms with E-state index in [0.29, 0.717) is 17.9 Å². The van der Waals surface area contributed by atoms with Crippen molar-refractivity contribution in [3.05, 3.63) is 29.3 Å². The van der Waals surface area contributed by atoms with Gasteiger partial charge in [-0.05, 0) is 48.6 Å². The second kappa shape index (κ2) is 5.09. The Labute approximate surface area is 104 Å². The number of benzene rings is 1. The molecule has 1 aliphatic rings. The van der Waals surface area contributed by atoms with E-state index >= 15 is 0 Å². The largest absolute Gasteiger partial charge is 0.494 e. The lowest BCUT2D eigenvalue weighted by Crippen LogP contribution is -2.24. The second-order valence-electron chi connectivity index (χ2n) is 4.91. The normalized spacial score (nSPS) is 26.9. The lowest BCUT2D eigenvalue weighted by Gasteiger charge is -2.19. The fourth-order valence-corrected chi connectivity index (χ4v) is 2.86. The van der Waals surface area contributed by atoms with Crippen LogP contribution in [0.5, 0.6) is 5.75 Å². The maximum atomic E-state index is 5.60. The van der Waals surface area contributed by atoms with Crippen LogP contribution < -0.4 is 10.1 Å². The zero-order chi connectivity index (χ0) is 12.4. The monoisotopic (exact) mass is 233 g/mol. The maximum Gasteiger partial charge on any atom is 0.119 e. The summed E-state index contributed by atoms with van der Waals surface area (Å²) < 4.78 is 5.60. The molecule has 0 amide bonds. The zero-order valence-electron chi connectivity index (χ0n) is 11.3. The van der Waals surface area contributed by atoms with Crippen molar-refractivity contribution in [1.82, 2.24) is 5.32 Å². The molecule has 0 aromatic heterocycles. The predicted octanol–water partition coefficient (Wildman–Crippen LogP) is 3.49. The van der Waals surface area contributed by atoms with Gasteiger partial charge in [0.2, 0.25) is 0 Å². The molecule has 1 N–H and O–H groups in total. The van der Waals surface area contributed by atoms with Crippen molar-refractivity contribution in [3.63, 3.8) is 0 Å². The molecule has 3 unspecified atom stereocenters. The number of hydrogen-bond donors (Lipinski definition) is 1. The van der Waals surface area contributed by atoms with Gasteiger partial charge < -0.3 is 10.1 Å². The Hall–Kier alpha value is -1.02. The molecule has 0 bridgehead atoms. The summed E-state index contributed by atoms with van der Waals surface area (Å²) in [6, 6.07) is 7.02. The minimum Gasteiger partial charge on any atom is -0.494 e. The minimum absolute atomic E-state index is 0.477. The highest BCUT2D eigenvalue weighted by Gasteiger charge is 2.34. The molecule has 0 radical (unpaired) electrons. The van der Waals surface area contributed by atoms with E-state index in [2.05, 4.69) is 44.3 Å². The molecular formula is C15H23NO. The Morgan fingerprint density at radius 1 is 1.18 bits per heavy atom. The Morgan fingerprint density at radius 2 is 1.94 bits per heavy atom. The van der Waals surface area contributed by atoms with Gasteiger partial charge in [0.25, 0.3) is 0 Å². The van der Waals surface area contributed by atoms with Crippen molar-refractivity contribution in [2.45, 2.75) is 39.7 Å². The van der Waals surface area contributed by atoms with Crippen LogP contribution in [0.4, 0.5) is 0 Å². The summed E-state index contributed by atoms with van der Waals surface area (Å²) in [5.41, 5.74) is 2.91. The van der Waals surface area contributed by atoms with E-state index in [0.717, 1.165) is 18.9 Å². The van der Waals surface area contributed by atoms with Gasteiger partial charge in [-0.1, -0.05) is 26.8 Å². The van der Waals surface area contributed by atoms with E-state index in [1.807, 2.05) is 6.92 Å². The van der Waals surface area contributed by atoms with E-state index in [4.69, 9.17) is 4.74 Å². The van der Waals surface area contributed by atoms with Crippen molar-refractivity contribution >= 4 is 0 Å². The van der Waals surface area contributed by atoms with Gasteiger partial charge in [-0.2, -0.15) is 0 Å². The molecule has 0 fully saturated rings. The van der Waals surface area contributed by atoms with Crippen LogP contribution in [-0.4, -0.2) is 13.2 Å². The number of nitrogens with one attached hydrogen (secondary N) is 1. The Balaban J connectivity index is 2.34. The molecule has 0 aliphatic heterocycles. The SMILES string of the molecule is CCNC1c2cc(OCC)ccc2C(C)C1C. The average Bonchev–Trinajstić information content (AvgIpc) is 2.55. The molecule has 1 aromatic rings. The van der Waals surface area contributed by atoms with E-state index in [9.17, 15) is 0 Å². The first-order valence-electron chi connectivity index (χ1n) is 6.69. The fraction of sp³-hybridized carbons (Fsp3) is 0.600. The molecule has 2 nitrogen and oxygen atoms in total. The third-order valence-corrected chi connectivity index (χ3v) is 3.93. The van der Waals surface area contributed by atoms with Crippen LogP contribution in [0.25, 0.3) is 0 Å². The summed E-state index contributed by atoms with van der Waals surface area (Å²) in [6.45, 7) is 10.6. The fourth-order valence-electron chi connectivity index (χ4n) is 2.86. The van der Waals surface area contributed by atoms with Gasteiger partial charge in [0.15, 0.2) is 0 Å². The predicted molar refractivity (Wildman–Crippen MR) is 71.6 cm³/mol. The third kappa shape index (κ3) is 2.19. The van der Waals surface area contributed by atoms with Crippen LogP contribution in [0.1, 0.15) is 50.8 Å². The summed E-state index contributed by atoms with van der Waals surface area (Å²) in [5, 5.41) is 3.59. The summed E-state index contributed by atoms with van der Waals surface area (Å²) in [6.07, 6.45) is 0. The van der Waals surface area contributed by atoms with Crippen LogP contribution in [0.3, 0.4) is 0 Å². The van der Waals surface area contributed by atoms with Gasteiger partial charge in [0.1, 0.15) is 5.75 Å². The molecule has 94 valence electrons. The Morgan fingerprint density at radius 3 is 2.59 bits per heavy atom. The van der Waals surface area contributed by atoms with Gasteiger partial charge in [-0.3, -0.25) is 0 Å². The first-order chi connectivity index (χ1) is 8.19. The molecule has 17 heavy (non-hydrogen) atoms. The third-order valence-electron chi connectivity index (χ3n) is 3.93. The summed E-state index contributed by atoms with van der Waals surface area (Å²) in [4.78, 5) is 0. The van der Waals surface area contributed by atoms with Gasteiger partial charge in [-0.25, -0.2) is 0 Å². The lowest BCUT2D eigenvalue weighted by atomic mass is 9.94. The second-order valence-corrected chi connectivity index (χ2v) is 4.91. The van der Waals surface area contributed by atoms with Gasteiger partial charge >= 0.3 is 0 Å². The number of ether oxygens (including phenoxy) is 1. The molecule has 0 spiro atoms. The van der Waals surface area contributed by atoms with Crippen molar-refractivity contribution in [2.24, 2.45) is 5.92 Å². The standard InChI is InChI=1S/C15H23NO/c1-5-16-15-11(4)10(3)13-8-7-12(17-6-2)9-14(13)15/h7-11,15-16H,5-6H2,1-4H3. The number of rotatable bonds is 4. The molecule has 2 heteroatoms. The molecule has 0 saturated heterocycles. The van der Waals surface area contributed by atoms with Crippen molar-refractivity contribution in [3.8, 4) is 5.75 Å². The van der Waals surface area contributed by atoms with E-state index in [1.54, 1.807) is 0 Å². The molecular weight excluding hydrogens is 210 g/mol. The quantitative estimate of drug-likeness (QED) is 0.859. The average molecular weight is 233 g/mol. The molecule has 1 aromatic carbocycles. The van der Waals surface area contributed by atoms with Crippen LogP contribution in [0, 0.1) is 5.92 Å². The van der Waals surface area contributed by atoms with E-state index < -0.39 is 0 Å². The molecule has 2 rings (SSSR count). The summed E-state index contributed by atoms with van der Waals surface area (Å²) in [7, 11) is 0. The highest BCUT2D eigenvalue weighted by atomic mass is 16.5. The first-order valence-corrected chi connectivity index (χ1v) is 6.69. The van der Waals surface area contributed by atoms with Crippen LogP contribution >= 0.6 is 0 Å². The summed E-state index contributed by atoms with van der Waals surface area (Å²) >= 11 is 0. The Bertz CT molecular complexity index is 389. The zero-order valence-corrected chi connectivity index (χ0v) is 11.3. The molecule has 0 heterocycles. The molecule has 3 atom stereocenters. The smallest absolute Gasteiger partial charge is 0.119 e. The number of hydrogen-bond acceptors (Lipinski definition) is 2. The lowest BCUT2D eigenvalue weighted by molar-refractivity contribution is 0.339. The number of fused-ring (bicyclic) bond motifs is 1. The molecule has 0 saturated carbocycles. The van der Waals surface area contributed by atoms with Crippen LogP contribution in [0.2, 0.25) is 0 Å². The minimum atomic E-state index is 0.477. The van der Waals surface area contributed by atoms with Crippen molar-refractivity contribution in [2.75, 3.05) is 13.2 Å². The highest BCUT2D eigenvalue weighted by Crippen LogP contribution is 2.45. The maximum absolute atomic E-state index is 5.60. The first kappa shape index (κ1) is 12.4. The van der Waals surface area contributed by atoms with Gasteiger partial charge in [0.05, 0.1) is 6.61 Å². The van der Waals surface area contributed by atoms with Crippen LogP contribution in [0.15, 0.2) is 18.2 Å². The topological polar surface area (TPSA) is 21.3 Å². The van der Waals surface area contributed by atoms with E-state index in [1.165, 1.54) is 11.1 Å². The Kier molecular flexibility index (Phi) is 3.72. The van der Waals surface area contributed by atoms with Gasteiger partial charge in [-0.15, -0.1) is 0 Å². The summed E-state index contributed by atoms with van der Waals surface area (Å²) in [5.74, 6) is 2.28. The van der Waals surface area contributed by atoms with Crippen molar-refractivity contribution in [1.29, 1.82) is 0 Å². The van der Waals surface area contributed by atoms with Crippen LogP contribution in [-0.2, 0) is 0 Å².